The van der Waals surface area contributed by atoms with Gasteiger partial charge in [0.2, 0.25) is 0 Å². The third kappa shape index (κ3) is 3.81. The molecule has 1 fully saturated rings. The Balaban J connectivity index is 2.36. The zero-order valence-corrected chi connectivity index (χ0v) is 8.06. The Kier molecular flexibility index (Phi) is 3.39. The molecule has 0 aliphatic carbocycles. The van der Waals surface area contributed by atoms with Crippen LogP contribution >= 0.6 is 0 Å². The smallest absolute Gasteiger partial charge is 0.387 e. The molecule has 0 amide bonds. The van der Waals surface area contributed by atoms with Crippen LogP contribution in [-0.2, 0) is 0 Å². The average molecular weight is 212 g/mol. The second-order valence-corrected chi connectivity index (χ2v) is 3.94. The fourth-order valence-electron chi connectivity index (χ4n) is 1.73. The summed E-state index contributed by atoms with van der Waals surface area (Å²) in [6.45, 7) is 0.111. The summed E-state index contributed by atoms with van der Waals surface area (Å²) in [4.78, 5) is 1.10. The Morgan fingerprint density at radius 3 is 2.57 bits per heavy atom. The van der Waals surface area contributed by atoms with Crippen LogP contribution in [0.3, 0.4) is 0 Å². The Morgan fingerprint density at radius 2 is 2.14 bits per heavy atom. The second kappa shape index (κ2) is 4.04. The largest absolute Gasteiger partial charge is 0.401 e. The fraction of sp³-hybridized carbons (Fsp3) is 1.00. The van der Waals surface area contributed by atoms with Crippen LogP contribution in [0.2, 0.25) is 0 Å². The van der Waals surface area contributed by atoms with E-state index in [0.29, 0.717) is 19.5 Å². The van der Waals surface area contributed by atoms with Gasteiger partial charge < -0.3 is 10.4 Å². The minimum Gasteiger partial charge on any atom is -0.387 e. The quantitative estimate of drug-likeness (QED) is 0.701. The molecule has 1 saturated heterocycles. The highest BCUT2D eigenvalue weighted by Crippen LogP contribution is 2.19. The van der Waals surface area contributed by atoms with Gasteiger partial charge in [0.05, 0.1) is 12.1 Å². The lowest BCUT2D eigenvalue weighted by atomic mass is 10.0. The van der Waals surface area contributed by atoms with Crippen molar-refractivity contribution >= 4 is 0 Å². The predicted octanol–water partition coefficient (Wildman–Crippen LogP) is 0.205. The number of nitrogens with zero attached hydrogens (tertiary/aromatic N) is 1. The molecule has 3 nitrogen and oxygen atoms in total. The molecule has 0 bridgehead atoms. The average Bonchev–Trinajstić information content (AvgIpc) is 2.30. The maximum atomic E-state index is 12.0. The summed E-state index contributed by atoms with van der Waals surface area (Å²) in [6.07, 6.45) is -3.69. The molecule has 14 heavy (non-hydrogen) atoms. The zero-order valence-electron chi connectivity index (χ0n) is 8.06. The molecule has 1 atom stereocenters. The van der Waals surface area contributed by atoms with Gasteiger partial charge >= 0.3 is 6.18 Å². The van der Waals surface area contributed by atoms with Gasteiger partial charge in [-0.2, -0.15) is 13.2 Å². The number of hydrogen-bond donors (Lipinski definition) is 2. The number of halogens is 3. The molecule has 0 radical (unpaired) electrons. The molecule has 2 N–H and O–H groups in total. The monoisotopic (exact) mass is 212 g/mol. The van der Waals surface area contributed by atoms with E-state index in [1.54, 1.807) is 0 Å². The van der Waals surface area contributed by atoms with Gasteiger partial charge in [-0.05, 0) is 20.0 Å². The summed E-state index contributed by atoms with van der Waals surface area (Å²) in [5.74, 6) is 0. The number of nitrogens with one attached hydrogen (secondary N) is 1. The molecule has 1 rings (SSSR count). The van der Waals surface area contributed by atoms with Crippen LogP contribution in [0.1, 0.15) is 6.42 Å². The lowest BCUT2D eigenvalue weighted by Crippen LogP contribution is -2.45. The van der Waals surface area contributed by atoms with E-state index in [-0.39, 0.29) is 6.54 Å². The molecule has 0 aromatic rings. The van der Waals surface area contributed by atoms with Crippen LogP contribution in [0.5, 0.6) is 0 Å². The van der Waals surface area contributed by atoms with Crippen molar-refractivity contribution < 1.29 is 18.3 Å². The third-order valence-electron chi connectivity index (χ3n) is 2.23. The van der Waals surface area contributed by atoms with Crippen molar-refractivity contribution in [3.05, 3.63) is 0 Å². The van der Waals surface area contributed by atoms with Crippen LogP contribution in [0.25, 0.3) is 0 Å². The lowest BCUT2D eigenvalue weighted by molar-refractivity contribution is -0.148. The third-order valence-corrected chi connectivity index (χ3v) is 2.23. The molecule has 84 valence electrons. The van der Waals surface area contributed by atoms with Crippen molar-refractivity contribution in [1.29, 1.82) is 0 Å². The van der Waals surface area contributed by atoms with E-state index >= 15 is 0 Å². The molecule has 0 aromatic heterocycles. The first-order valence-electron chi connectivity index (χ1n) is 4.49. The molecule has 1 aliphatic rings. The summed E-state index contributed by atoms with van der Waals surface area (Å²) >= 11 is 0. The maximum Gasteiger partial charge on any atom is 0.401 e. The molecule has 0 aromatic carbocycles. The number of aliphatic hydroxyl groups is 1. The number of alkyl halides is 3. The molecule has 6 heteroatoms. The van der Waals surface area contributed by atoms with Gasteiger partial charge in [-0.3, -0.25) is 4.90 Å². The van der Waals surface area contributed by atoms with E-state index in [1.807, 2.05) is 0 Å². The van der Waals surface area contributed by atoms with E-state index in [0.717, 1.165) is 4.90 Å². The van der Waals surface area contributed by atoms with Crippen LogP contribution < -0.4 is 5.32 Å². The Morgan fingerprint density at radius 1 is 1.50 bits per heavy atom. The summed E-state index contributed by atoms with van der Waals surface area (Å²) in [5.41, 5.74) is -1.000. The number of rotatable bonds is 3. The highest BCUT2D eigenvalue weighted by Gasteiger charge is 2.36. The molecular formula is C8H15F3N2O. The van der Waals surface area contributed by atoms with Crippen molar-refractivity contribution in [3.8, 4) is 0 Å². The molecule has 1 aliphatic heterocycles. The molecular weight excluding hydrogens is 197 g/mol. The topological polar surface area (TPSA) is 35.5 Å². The number of hydrogen-bond acceptors (Lipinski definition) is 3. The van der Waals surface area contributed by atoms with Gasteiger partial charge in [0, 0.05) is 13.1 Å². The van der Waals surface area contributed by atoms with Gasteiger partial charge in [-0.1, -0.05) is 0 Å². The minimum absolute atomic E-state index is 0.0551. The van der Waals surface area contributed by atoms with Gasteiger partial charge in [0.25, 0.3) is 0 Å². The highest BCUT2D eigenvalue weighted by atomic mass is 19.4. The predicted molar refractivity (Wildman–Crippen MR) is 46.0 cm³/mol. The van der Waals surface area contributed by atoms with Crippen molar-refractivity contribution in [3.63, 3.8) is 0 Å². The van der Waals surface area contributed by atoms with Crippen molar-refractivity contribution in [2.45, 2.75) is 18.2 Å². The van der Waals surface area contributed by atoms with Crippen LogP contribution in [0, 0.1) is 0 Å². The molecule has 1 heterocycles. The highest BCUT2D eigenvalue weighted by molar-refractivity contribution is 4.90. The zero-order chi connectivity index (χ0) is 10.8. The van der Waals surface area contributed by atoms with E-state index in [9.17, 15) is 18.3 Å². The molecule has 1 unspecified atom stereocenters. The summed E-state index contributed by atoms with van der Waals surface area (Å²) in [6, 6.07) is 0. The van der Waals surface area contributed by atoms with E-state index in [1.165, 1.54) is 7.05 Å². The first kappa shape index (κ1) is 11.7. The standard InChI is InChI=1S/C8H15F3N2O/c1-13(6-8(9,10)11)5-7(14)2-3-12-4-7/h12,14H,2-6H2,1H3. The molecule has 0 saturated carbocycles. The van der Waals surface area contributed by atoms with E-state index in [2.05, 4.69) is 5.32 Å². The van der Waals surface area contributed by atoms with Crippen molar-refractivity contribution in [2.75, 3.05) is 33.2 Å². The molecule has 0 spiro atoms. The summed E-state index contributed by atoms with van der Waals surface area (Å²) < 4.78 is 35.9. The van der Waals surface area contributed by atoms with Gasteiger partial charge in [-0.15, -0.1) is 0 Å². The number of β-amino-alcohol motifs (C(OH)–C–C–N with tert-alkyl or cyclic N) is 1. The maximum absolute atomic E-state index is 12.0. The van der Waals surface area contributed by atoms with E-state index < -0.39 is 18.3 Å². The van der Waals surface area contributed by atoms with Crippen molar-refractivity contribution in [1.82, 2.24) is 10.2 Å². The minimum atomic E-state index is -4.20. The summed E-state index contributed by atoms with van der Waals surface area (Å²) in [7, 11) is 1.36. The Hall–Kier alpha value is -0.330. The first-order chi connectivity index (χ1) is 6.31. The van der Waals surface area contributed by atoms with Gasteiger partial charge in [0.1, 0.15) is 0 Å². The van der Waals surface area contributed by atoms with Crippen LogP contribution in [-0.4, -0.2) is 55.0 Å². The van der Waals surface area contributed by atoms with Crippen LogP contribution in [0.15, 0.2) is 0 Å². The van der Waals surface area contributed by atoms with Crippen molar-refractivity contribution in [2.24, 2.45) is 0 Å². The SMILES string of the molecule is CN(CC(F)(F)F)CC1(O)CCNC1. The van der Waals surface area contributed by atoms with Crippen LogP contribution in [0.4, 0.5) is 13.2 Å². The van der Waals surface area contributed by atoms with E-state index in [4.69, 9.17) is 0 Å². The Labute approximate surface area is 80.9 Å². The van der Waals surface area contributed by atoms with Gasteiger partial charge in [-0.25, -0.2) is 0 Å². The summed E-state index contributed by atoms with van der Waals surface area (Å²) in [5, 5.41) is 12.7. The first-order valence-corrected chi connectivity index (χ1v) is 4.49. The normalized spacial score (nSPS) is 28.7. The van der Waals surface area contributed by atoms with Gasteiger partial charge in [0.15, 0.2) is 0 Å². The number of likely N-dealkylation sites (N-methyl/N-ethyl adjacent to an activating group) is 1. The second-order valence-electron chi connectivity index (χ2n) is 3.94. The lowest BCUT2D eigenvalue weighted by Gasteiger charge is -2.28. The fourth-order valence-corrected chi connectivity index (χ4v) is 1.73. The Bertz CT molecular complexity index is 190.